The predicted molar refractivity (Wildman–Crippen MR) is 218 cm³/mol. The maximum Gasteiger partial charge on any atom is 0.329 e. The van der Waals surface area contributed by atoms with Crippen LogP contribution in [0.25, 0.3) is 16.7 Å². The van der Waals surface area contributed by atoms with Gasteiger partial charge in [0.05, 0.1) is 46.8 Å². The van der Waals surface area contributed by atoms with Gasteiger partial charge in [-0.2, -0.15) is 10.2 Å². The molecule has 2 N–H and O–H groups in total. The number of benzene rings is 1. The van der Waals surface area contributed by atoms with Crippen LogP contribution in [0.3, 0.4) is 0 Å². The number of hydrogen-bond donors (Lipinski definition) is 2. The van der Waals surface area contributed by atoms with E-state index in [4.69, 9.17) is 4.74 Å². The Bertz CT molecular complexity index is 2560. The van der Waals surface area contributed by atoms with Crippen LogP contribution in [0.15, 0.2) is 47.7 Å². The van der Waals surface area contributed by atoms with Crippen LogP contribution in [-0.4, -0.2) is 107 Å². The molecule has 6 heterocycles. The van der Waals surface area contributed by atoms with Gasteiger partial charge in [-0.3, -0.25) is 38.4 Å². The van der Waals surface area contributed by atoms with E-state index in [1.54, 1.807) is 37.2 Å². The smallest absolute Gasteiger partial charge is 0.329 e. The molecule has 0 radical (unpaired) electrons. The average molecular weight is 826 g/mol. The first-order valence-electron chi connectivity index (χ1n) is 20.4. The van der Waals surface area contributed by atoms with Gasteiger partial charge in [-0.25, -0.2) is 23.1 Å². The van der Waals surface area contributed by atoms with Crippen LogP contribution in [0.1, 0.15) is 98.2 Å². The molecule has 2 aliphatic heterocycles. The van der Waals surface area contributed by atoms with Gasteiger partial charge in [0.25, 0.3) is 12.3 Å². The number of aryl methyl sites for hydroxylation is 1. The van der Waals surface area contributed by atoms with E-state index in [0.29, 0.717) is 34.8 Å². The second kappa shape index (κ2) is 16.7. The third-order valence-electron chi connectivity index (χ3n) is 12.3. The summed E-state index contributed by atoms with van der Waals surface area (Å²) in [5, 5.41) is 13.5. The molecular weight excluding hydrogens is 777 g/mol. The number of aromatic nitrogens is 7. The van der Waals surface area contributed by atoms with Gasteiger partial charge in [0.2, 0.25) is 11.8 Å². The number of imide groups is 1. The molecule has 1 aromatic carbocycles. The second-order valence-electron chi connectivity index (χ2n) is 16.4. The topological polar surface area (TPSA) is 166 Å². The Morgan fingerprint density at radius 3 is 2.52 bits per heavy atom. The summed E-state index contributed by atoms with van der Waals surface area (Å²) in [7, 11) is 3.24. The molecule has 0 spiro atoms. The number of hydrogen-bond acceptors (Lipinski definition) is 10. The van der Waals surface area contributed by atoms with Gasteiger partial charge in [0.15, 0.2) is 11.3 Å². The van der Waals surface area contributed by atoms with E-state index in [1.807, 2.05) is 26.0 Å². The monoisotopic (exact) mass is 825 g/mol. The largest absolute Gasteiger partial charge is 0.373 e. The molecule has 16 nitrogen and oxygen atoms in total. The average Bonchev–Trinajstić information content (AvgIpc) is 3.93. The van der Waals surface area contributed by atoms with E-state index in [0.717, 1.165) is 58.4 Å². The quantitative estimate of drug-likeness (QED) is 0.155. The first-order chi connectivity index (χ1) is 28.8. The summed E-state index contributed by atoms with van der Waals surface area (Å²) in [5.74, 6) is 5.63. The number of para-hydroxylation sites is 1. The van der Waals surface area contributed by atoms with Crippen molar-refractivity contribution in [3.05, 3.63) is 75.9 Å². The van der Waals surface area contributed by atoms with Gasteiger partial charge >= 0.3 is 5.69 Å². The van der Waals surface area contributed by atoms with E-state index in [2.05, 4.69) is 47.5 Å². The zero-order valence-corrected chi connectivity index (χ0v) is 34.2. The van der Waals surface area contributed by atoms with Crippen LogP contribution >= 0.6 is 0 Å². The minimum Gasteiger partial charge on any atom is -0.373 e. The molecule has 0 bridgehead atoms. The van der Waals surface area contributed by atoms with Crippen molar-refractivity contribution in [2.24, 2.45) is 13.0 Å². The Labute approximate surface area is 344 Å². The summed E-state index contributed by atoms with van der Waals surface area (Å²) in [4.78, 5) is 60.4. The maximum absolute atomic E-state index is 14.2. The lowest BCUT2D eigenvalue weighted by Gasteiger charge is -2.37. The number of piperidine rings is 1. The zero-order chi connectivity index (χ0) is 42.3. The molecule has 1 unspecified atom stereocenters. The Hall–Kier alpha value is -5.77. The lowest BCUT2D eigenvalue weighted by molar-refractivity contribution is -0.135. The number of carbonyl (C=O) groups excluding carboxylic acids is 3. The second-order valence-corrected chi connectivity index (χ2v) is 16.4. The lowest BCUT2D eigenvalue weighted by atomic mass is 9.85. The lowest BCUT2D eigenvalue weighted by Crippen LogP contribution is -2.48. The van der Waals surface area contributed by atoms with Gasteiger partial charge in [-0.1, -0.05) is 17.9 Å². The third-order valence-corrected chi connectivity index (χ3v) is 12.3. The Kier molecular flexibility index (Phi) is 11.4. The number of nitrogens with zero attached hydrogens (tertiary/aromatic N) is 9. The van der Waals surface area contributed by atoms with Crippen LogP contribution in [-0.2, 0) is 27.0 Å². The number of imidazole rings is 1. The molecule has 1 aliphatic carbocycles. The van der Waals surface area contributed by atoms with Crippen LogP contribution in [0.2, 0.25) is 0 Å². The number of piperazine rings is 1. The molecule has 3 aliphatic rings. The van der Waals surface area contributed by atoms with Crippen molar-refractivity contribution in [3.63, 3.8) is 0 Å². The molecule has 3 fully saturated rings. The summed E-state index contributed by atoms with van der Waals surface area (Å²) in [5.41, 5.74) is 1.48. The summed E-state index contributed by atoms with van der Waals surface area (Å²) in [6.45, 7) is 8.81. The molecule has 1 atom stereocenters. The number of carbonyl (C=O) groups is 3. The minimum atomic E-state index is -2.87. The molecule has 60 heavy (non-hydrogen) atoms. The fourth-order valence-electron chi connectivity index (χ4n) is 8.61. The van der Waals surface area contributed by atoms with Crippen molar-refractivity contribution in [2.75, 3.05) is 51.7 Å². The maximum atomic E-state index is 14.2. The molecule has 2 saturated heterocycles. The van der Waals surface area contributed by atoms with E-state index in [-0.39, 0.29) is 47.4 Å². The first-order valence-corrected chi connectivity index (χ1v) is 20.4. The molecule has 3 amide bonds. The van der Waals surface area contributed by atoms with Crippen molar-refractivity contribution in [2.45, 2.75) is 76.5 Å². The number of methoxy groups -OCH3 is 1. The van der Waals surface area contributed by atoms with Crippen molar-refractivity contribution in [3.8, 4) is 11.8 Å². The first kappa shape index (κ1) is 41.0. The van der Waals surface area contributed by atoms with Gasteiger partial charge in [-0.15, -0.1) is 0 Å². The van der Waals surface area contributed by atoms with E-state index in [9.17, 15) is 28.0 Å². The Morgan fingerprint density at radius 1 is 1.05 bits per heavy atom. The highest BCUT2D eigenvalue weighted by Gasteiger charge is 2.33. The Morgan fingerprint density at radius 2 is 1.80 bits per heavy atom. The highest BCUT2D eigenvalue weighted by molar-refractivity contribution is 6.08. The number of alkyl halides is 2. The fraction of sp³-hybridized carbons (Fsp3) is 0.500. The molecule has 8 rings (SSSR count). The van der Waals surface area contributed by atoms with E-state index < -0.39 is 35.6 Å². The molecule has 4 aromatic heterocycles. The molecule has 316 valence electrons. The van der Waals surface area contributed by atoms with Crippen molar-refractivity contribution in [1.29, 1.82) is 0 Å². The predicted octanol–water partition coefficient (Wildman–Crippen LogP) is 4.03. The highest BCUT2D eigenvalue weighted by Crippen LogP contribution is 2.36. The molecule has 1 saturated carbocycles. The number of nitrogens with one attached hydrogen (secondary N) is 2. The summed E-state index contributed by atoms with van der Waals surface area (Å²) in [6.07, 6.45) is 5.61. The molecule has 18 heteroatoms. The number of anilines is 1. The third kappa shape index (κ3) is 8.08. The van der Waals surface area contributed by atoms with Gasteiger partial charge in [0, 0.05) is 65.7 Å². The zero-order valence-electron chi connectivity index (χ0n) is 34.2. The number of amides is 3. The summed E-state index contributed by atoms with van der Waals surface area (Å²) < 4.78 is 40.0. The van der Waals surface area contributed by atoms with Crippen molar-refractivity contribution in [1.82, 2.24) is 48.6 Å². The number of rotatable bonds is 10. The fourth-order valence-corrected chi connectivity index (χ4v) is 8.61. The van der Waals surface area contributed by atoms with E-state index in [1.165, 1.54) is 26.0 Å². The summed E-state index contributed by atoms with van der Waals surface area (Å²) in [6, 6.07) is 6.46. The van der Waals surface area contributed by atoms with Crippen LogP contribution in [0.4, 0.5) is 14.5 Å². The normalized spacial score (nSPS) is 20.8. The molecule has 5 aromatic rings. The minimum absolute atomic E-state index is 0.0288. The van der Waals surface area contributed by atoms with Gasteiger partial charge < -0.3 is 15.0 Å². The standard InChI is InChI=1S/C42H49F2N11O5/c1-42(2,60-4)33-16-18-53-38(47-33)29(23-45-53)39(57)46-30-25-54(49-35(30)37(43)44)28-12-10-26(11-13-28)24-52-21-19-51(20-22-52)17-6-8-27-7-5-9-31-36(27)50(3)41(59)55(31)32-14-15-34(56)48-40(32)58/h5,7,9,16,18,23,25-26,28,32,37H,10-15,17,19-22,24H2,1-4H3,(H,46,57)(H,48,56,58)/t26-,28-,32?. The molecular formula is C42H49F2N11O5. The summed E-state index contributed by atoms with van der Waals surface area (Å²) >= 11 is 0. The van der Waals surface area contributed by atoms with Gasteiger partial charge in [-0.05, 0) is 70.1 Å². The highest BCUT2D eigenvalue weighted by atomic mass is 19.3. The van der Waals surface area contributed by atoms with Crippen molar-refractivity contribution < 1.29 is 27.9 Å². The number of ether oxygens (including phenoxy) is 1. The van der Waals surface area contributed by atoms with Crippen LogP contribution < -0.4 is 16.3 Å². The SMILES string of the molecule is COC(C)(C)c1ccn2ncc(C(=O)Nc3cn([C@H]4CC[C@H](CN5CCN(CC#Cc6cccc7c6n(C)c(=O)n7C6CCC(=O)NC6=O)CC5)CC4)nc3C(F)F)c2n1. The van der Waals surface area contributed by atoms with Gasteiger partial charge in [0.1, 0.15) is 17.2 Å². The van der Waals surface area contributed by atoms with Crippen LogP contribution in [0.5, 0.6) is 0 Å². The number of fused-ring (bicyclic) bond motifs is 2. The number of halogens is 2. The van der Waals surface area contributed by atoms with E-state index >= 15 is 0 Å². The Balaban J connectivity index is 0.835. The van der Waals surface area contributed by atoms with Crippen molar-refractivity contribution >= 4 is 40.1 Å². The van der Waals surface area contributed by atoms with Crippen LogP contribution in [0, 0.1) is 17.8 Å².